The molecule has 0 aromatic carbocycles. The van der Waals surface area contributed by atoms with Gasteiger partial charge in [0.15, 0.2) is 5.96 Å². The van der Waals surface area contributed by atoms with Gasteiger partial charge in [-0.3, -0.25) is 9.36 Å². The van der Waals surface area contributed by atoms with E-state index in [0.29, 0.717) is 0 Å². The molecule has 0 heterocycles. The number of carbonyl (C=O) groups is 1. The summed E-state index contributed by atoms with van der Waals surface area (Å²) in [4.78, 5) is 14.7. The molecule has 8 nitrogen and oxygen atoms in total. The Hall–Kier alpha value is -1.11. The number of rotatable bonds is 8. The van der Waals surface area contributed by atoms with Gasteiger partial charge in [0.1, 0.15) is 12.8 Å². The Labute approximate surface area is 100 Å². The summed E-state index contributed by atoms with van der Waals surface area (Å²) >= 11 is 0. The van der Waals surface area contributed by atoms with E-state index in [2.05, 4.69) is 10.3 Å². The van der Waals surface area contributed by atoms with Crippen LogP contribution in [-0.2, 0) is 18.4 Å². The molecule has 0 fully saturated rings. The van der Waals surface area contributed by atoms with Gasteiger partial charge in [0.05, 0.1) is 13.2 Å². The van der Waals surface area contributed by atoms with Crippen molar-refractivity contribution in [1.29, 1.82) is 0 Å². The average Bonchev–Trinajstić information content (AvgIpc) is 2.24. The summed E-state index contributed by atoms with van der Waals surface area (Å²) in [6, 6.07) is 0. The molecule has 0 radical (unpaired) electrons. The van der Waals surface area contributed by atoms with Crippen LogP contribution in [0.4, 0.5) is 0 Å². The topological polar surface area (TPSA) is 129 Å². The van der Waals surface area contributed by atoms with Crippen molar-refractivity contribution < 1.29 is 18.4 Å². The van der Waals surface area contributed by atoms with Crippen LogP contribution in [0.25, 0.3) is 0 Å². The van der Waals surface area contributed by atoms with E-state index < -0.39 is 13.5 Å². The Morgan fingerprint density at radius 3 is 2.24 bits per heavy atom. The lowest BCUT2D eigenvalue weighted by atomic mass is 10.6. The summed E-state index contributed by atoms with van der Waals surface area (Å²) < 4.78 is 21.9. The summed E-state index contributed by atoms with van der Waals surface area (Å²) in [5.74, 6) is -0.643. The molecule has 0 aromatic heterocycles. The summed E-state index contributed by atoms with van der Waals surface area (Å²) in [5, 5.41) is 2.38. The van der Waals surface area contributed by atoms with Crippen molar-refractivity contribution in [2.45, 2.75) is 13.8 Å². The lowest BCUT2D eigenvalue weighted by Gasteiger charge is -2.16. The number of hydrogen-bond acceptors (Lipinski definition) is 5. The van der Waals surface area contributed by atoms with Crippen LogP contribution in [0.1, 0.15) is 13.8 Å². The SMILES string of the molecule is CCOP(=O)(CNC(=O)CN=C(N)N)OCC. The van der Waals surface area contributed by atoms with E-state index in [0.717, 1.165) is 0 Å². The Kier molecular flexibility index (Phi) is 7.53. The molecule has 0 spiro atoms. The van der Waals surface area contributed by atoms with Crippen LogP contribution in [0, 0.1) is 0 Å². The molecule has 0 unspecified atom stereocenters. The third-order valence-electron chi connectivity index (χ3n) is 1.53. The summed E-state index contributed by atoms with van der Waals surface area (Å²) in [6.45, 7) is 3.63. The maximum absolute atomic E-state index is 11.9. The first kappa shape index (κ1) is 15.9. The standard InChI is InChI=1S/C8H19N4O4P/c1-3-15-17(14,16-4-2)6-12-7(13)5-11-8(9)10/h3-6H2,1-2H3,(H,12,13)(H4,9,10,11). The number of hydrogen-bond donors (Lipinski definition) is 3. The van der Waals surface area contributed by atoms with Gasteiger partial charge >= 0.3 is 7.60 Å². The van der Waals surface area contributed by atoms with Crippen LogP contribution in [0.5, 0.6) is 0 Å². The number of aliphatic imine (C=N–C) groups is 1. The minimum absolute atomic E-state index is 0.182. The van der Waals surface area contributed by atoms with E-state index in [-0.39, 0.29) is 32.0 Å². The molecule has 17 heavy (non-hydrogen) atoms. The van der Waals surface area contributed by atoms with Crippen molar-refractivity contribution in [3.63, 3.8) is 0 Å². The lowest BCUT2D eigenvalue weighted by Crippen LogP contribution is -2.30. The van der Waals surface area contributed by atoms with E-state index in [1.165, 1.54) is 0 Å². The van der Waals surface area contributed by atoms with Crippen LogP contribution in [0.2, 0.25) is 0 Å². The second kappa shape index (κ2) is 8.05. The molecule has 9 heteroatoms. The number of nitrogens with one attached hydrogen (secondary N) is 1. The predicted molar refractivity (Wildman–Crippen MR) is 64.5 cm³/mol. The largest absolute Gasteiger partial charge is 0.370 e. The molecule has 0 saturated heterocycles. The first-order chi connectivity index (χ1) is 7.93. The summed E-state index contributed by atoms with van der Waals surface area (Å²) in [5.41, 5.74) is 10.1. The maximum atomic E-state index is 11.9. The predicted octanol–water partition coefficient (Wildman–Crippen LogP) is -0.400. The molecule has 1 amide bonds. The molecule has 0 saturated carbocycles. The highest BCUT2D eigenvalue weighted by atomic mass is 31.2. The monoisotopic (exact) mass is 266 g/mol. The number of guanidine groups is 1. The van der Waals surface area contributed by atoms with Crippen molar-refractivity contribution in [3.05, 3.63) is 0 Å². The number of amides is 1. The second-order valence-electron chi connectivity index (χ2n) is 2.95. The van der Waals surface area contributed by atoms with E-state index in [1.54, 1.807) is 13.8 Å². The van der Waals surface area contributed by atoms with Gasteiger partial charge in [0.2, 0.25) is 5.91 Å². The Morgan fingerprint density at radius 2 is 1.82 bits per heavy atom. The molecule has 0 aliphatic carbocycles. The third kappa shape index (κ3) is 7.73. The van der Waals surface area contributed by atoms with Gasteiger partial charge in [-0.2, -0.15) is 0 Å². The molecule has 100 valence electrons. The zero-order chi connectivity index (χ0) is 13.3. The van der Waals surface area contributed by atoms with Gasteiger partial charge in [-0.1, -0.05) is 0 Å². The van der Waals surface area contributed by atoms with E-state index in [4.69, 9.17) is 20.5 Å². The highest BCUT2D eigenvalue weighted by Crippen LogP contribution is 2.46. The normalized spacial score (nSPS) is 10.9. The maximum Gasteiger partial charge on any atom is 0.349 e. The molecule has 0 bridgehead atoms. The fourth-order valence-electron chi connectivity index (χ4n) is 0.926. The molecule has 5 N–H and O–H groups in total. The van der Waals surface area contributed by atoms with Crippen LogP contribution in [-0.4, -0.2) is 37.9 Å². The minimum atomic E-state index is -3.26. The number of nitrogens with two attached hydrogens (primary N) is 2. The van der Waals surface area contributed by atoms with Crippen molar-refractivity contribution in [3.8, 4) is 0 Å². The van der Waals surface area contributed by atoms with Crippen molar-refractivity contribution >= 4 is 19.5 Å². The van der Waals surface area contributed by atoms with E-state index >= 15 is 0 Å². The van der Waals surface area contributed by atoms with Crippen LogP contribution >= 0.6 is 7.60 Å². The average molecular weight is 266 g/mol. The van der Waals surface area contributed by atoms with Crippen LogP contribution in [0.3, 0.4) is 0 Å². The molecule has 0 aromatic rings. The first-order valence-corrected chi connectivity index (χ1v) is 6.86. The number of carbonyl (C=O) groups excluding carboxylic acids is 1. The molecule has 0 atom stereocenters. The summed E-state index contributed by atoms with van der Waals surface area (Å²) in [6.07, 6.45) is -0.201. The summed E-state index contributed by atoms with van der Waals surface area (Å²) in [7, 11) is -3.26. The van der Waals surface area contributed by atoms with Crippen molar-refractivity contribution in [2.75, 3.05) is 26.0 Å². The fourth-order valence-corrected chi connectivity index (χ4v) is 2.34. The quantitative estimate of drug-likeness (QED) is 0.311. The number of nitrogens with zero attached hydrogens (tertiary/aromatic N) is 1. The van der Waals surface area contributed by atoms with Crippen LogP contribution in [0.15, 0.2) is 4.99 Å². The lowest BCUT2D eigenvalue weighted by molar-refractivity contribution is -0.119. The molecule has 0 aliphatic rings. The van der Waals surface area contributed by atoms with Gasteiger partial charge in [-0.15, -0.1) is 0 Å². The molecular formula is C8H19N4O4P. The molecular weight excluding hydrogens is 247 g/mol. The smallest absolute Gasteiger partial charge is 0.349 e. The van der Waals surface area contributed by atoms with Crippen molar-refractivity contribution in [1.82, 2.24) is 5.32 Å². The molecule has 0 rings (SSSR count). The van der Waals surface area contributed by atoms with Gasteiger partial charge in [0, 0.05) is 0 Å². The van der Waals surface area contributed by atoms with Crippen LogP contribution < -0.4 is 16.8 Å². The fraction of sp³-hybridized carbons (Fsp3) is 0.750. The second-order valence-corrected chi connectivity index (χ2v) is 5.00. The van der Waals surface area contributed by atoms with Crippen molar-refractivity contribution in [2.24, 2.45) is 16.5 Å². The first-order valence-electron chi connectivity index (χ1n) is 5.13. The Bertz CT molecular complexity index is 307. The van der Waals surface area contributed by atoms with E-state index in [1.807, 2.05) is 0 Å². The zero-order valence-corrected chi connectivity index (χ0v) is 10.9. The Morgan fingerprint density at radius 1 is 1.29 bits per heavy atom. The van der Waals surface area contributed by atoms with Gasteiger partial charge < -0.3 is 25.8 Å². The highest BCUT2D eigenvalue weighted by Gasteiger charge is 2.23. The Balaban J connectivity index is 4.17. The van der Waals surface area contributed by atoms with E-state index in [9.17, 15) is 9.36 Å². The van der Waals surface area contributed by atoms with Gasteiger partial charge in [-0.25, -0.2) is 4.99 Å². The van der Waals surface area contributed by atoms with Gasteiger partial charge in [-0.05, 0) is 13.8 Å². The molecule has 0 aliphatic heterocycles. The highest BCUT2D eigenvalue weighted by molar-refractivity contribution is 7.53. The minimum Gasteiger partial charge on any atom is -0.370 e. The zero-order valence-electron chi connectivity index (χ0n) is 10.0. The third-order valence-corrected chi connectivity index (χ3v) is 3.38. The van der Waals surface area contributed by atoms with Gasteiger partial charge in [0.25, 0.3) is 0 Å².